The van der Waals surface area contributed by atoms with E-state index >= 15 is 0 Å². The van der Waals surface area contributed by atoms with Crippen LogP contribution in [0.3, 0.4) is 0 Å². The molecule has 0 atom stereocenters. The van der Waals surface area contributed by atoms with Gasteiger partial charge in [0.15, 0.2) is 0 Å². The lowest BCUT2D eigenvalue weighted by molar-refractivity contribution is -0.120. The van der Waals surface area contributed by atoms with Gasteiger partial charge >= 0.3 is 0 Å². The van der Waals surface area contributed by atoms with Gasteiger partial charge in [-0.2, -0.15) is 0 Å². The number of ether oxygens (including phenoxy) is 2. The molecule has 1 heterocycles. The highest BCUT2D eigenvalue weighted by molar-refractivity contribution is 7.13. The zero-order valence-electron chi connectivity index (χ0n) is 14.8. The molecule has 27 heavy (non-hydrogen) atoms. The molecule has 0 aliphatic rings. The van der Waals surface area contributed by atoms with Crippen molar-refractivity contribution in [3.8, 4) is 22.1 Å². The number of carbonyl (C=O) groups excluding carboxylic acids is 1. The number of hydrogen-bond acceptors (Lipinski definition) is 5. The van der Waals surface area contributed by atoms with Gasteiger partial charge < -0.3 is 14.8 Å². The Morgan fingerprint density at radius 2 is 1.81 bits per heavy atom. The number of rotatable bonds is 8. The van der Waals surface area contributed by atoms with E-state index in [2.05, 4.69) is 10.3 Å². The molecule has 0 radical (unpaired) electrons. The number of carbonyl (C=O) groups is 1. The number of nitrogens with one attached hydrogen (secondary N) is 1. The molecule has 0 saturated carbocycles. The molecule has 1 N–H and O–H groups in total. The summed E-state index contributed by atoms with van der Waals surface area (Å²) >= 11 is 7.41. The van der Waals surface area contributed by atoms with Crippen molar-refractivity contribution < 1.29 is 14.3 Å². The fourth-order valence-corrected chi connectivity index (χ4v) is 3.32. The Morgan fingerprint density at radius 1 is 1.11 bits per heavy atom. The molecule has 0 fully saturated rings. The van der Waals surface area contributed by atoms with Crippen LogP contribution in [0.5, 0.6) is 11.5 Å². The van der Waals surface area contributed by atoms with Gasteiger partial charge in [0.25, 0.3) is 0 Å². The number of amides is 1. The van der Waals surface area contributed by atoms with E-state index in [-0.39, 0.29) is 12.3 Å². The first kappa shape index (κ1) is 19.2. The first-order chi connectivity index (χ1) is 13.1. The van der Waals surface area contributed by atoms with Gasteiger partial charge in [-0.25, -0.2) is 4.98 Å². The lowest BCUT2D eigenvalue weighted by Crippen LogP contribution is -2.29. The smallest absolute Gasteiger partial charge is 0.226 e. The Labute approximate surface area is 166 Å². The van der Waals surface area contributed by atoms with Crippen LogP contribution in [0.15, 0.2) is 53.9 Å². The minimum absolute atomic E-state index is 0.0821. The number of hydrogen-bond donors (Lipinski definition) is 1. The van der Waals surface area contributed by atoms with Gasteiger partial charge in [0.05, 0.1) is 25.8 Å². The van der Waals surface area contributed by atoms with Gasteiger partial charge in [0, 0.05) is 16.0 Å². The summed E-state index contributed by atoms with van der Waals surface area (Å²) < 4.78 is 10.7. The van der Waals surface area contributed by atoms with Gasteiger partial charge in [-0.1, -0.05) is 23.7 Å². The fourth-order valence-electron chi connectivity index (χ4n) is 2.37. The average Bonchev–Trinajstić information content (AvgIpc) is 3.14. The highest BCUT2D eigenvalue weighted by atomic mass is 35.5. The van der Waals surface area contributed by atoms with Crippen LogP contribution in [-0.4, -0.2) is 31.2 Å². The van der Waals surface area contributed by atoms with Crippen molar-refractivity contribution >= 4 is 28.8 Å². The molecule has 0 spiro atoms. The maximum absolute atomic E-state index is 12.1. The quantitative estimate of drug-likeness (QED) is 0.573. The molecule has 0 aliphatic carbocycles. The molecular formula is C20H19ClN2O3S. The van der Waals surface area contributed by atoms with Crippen LogP contribution in [0.2, 0.25) is 5.02 Å². The zero-order chi connectivity index (χ0) is 19.1. The summed E-state index contributed by atoms with van der Waals surface area (Å²) in [5.74, 6) is 1.43. The topological polar surface area (TPSA) is 60.5 Å². The van der Waals surface area contributed by atoms with Gasteiger partial charge in [0.1, 0.15) is 23.1 Å². The fraction of sp³-hybridized carbons (Fsp3) is 0.200. The van der Waals surface area contributed by atoms with E-state index in [0.29, 0.717) is 18.2 Å². The third-order valence-electron chi connectivity index (χ3n) is 3.74. The summed E-state index contributed by atoms with van der Waals surface area (Å²) in [7, 11) is 1.62. The molecule has 0 aliphatic heterocycles. The average molecular weight is 403 g/mol. The Bertz CT molecular complexity index is 879. The number of methoxy groups -OCH3 is 1. The summed E-state index contributed by atoms with van der Waals surface area (Å²) in [5.41, 5.74) is 1.74. The summed E-state index contributed by atoms with van der Waals surface area (Å²) in [5, 5.41) is 6.30. The van der Waals surface area contributed by atoms with E-state index in [1.807, 2.05) is 53.9 Å². The molecule has 3 rings (SSSR count). The van der Waals surface area contributed by atoms with Crippen molar-refractivity contribution in [3.63, 3.8) is 0 Å². The second kappa shape index (κ2) is 9.39. The molecule has 1 amide bonds. The minimum atomic E-state index is -0.0821. The number of halogens is 1. The van der Waals surface area contributed by atoms with E-state index in [1.165, 1.54) is 11.3 Å². The standard InChI is InChI=1S/C20H19ClN2O3S/c1-25-17-6-8-18(9-7-17)26-11-10-22-19(24)12-16-13-27-20(23-16)14-2-4-15(21)5-3-14/h2-9,13H,10-12H2,1H3,(H,22,24). The third kappa shape index (κ3) is 5.70. The van der Waals surface area contributed by atoms with E-state index in [0.717, 1.165) is 27.8 Å². The highest BCUT2D eigenvalue weighted by Gasteiger charge is 2.09. The molecule has 2 aromatic carbocycles. The van der Waals surface area contributed by atoms with Crippen LogP contribution in [0, 0.1) is 0 Å². The van der Waals surface area contributed by atoms with Crippen LogP contribution in [0.4, 0.5) is 0 Å². The van der Waals surface area contributed by atoms with Crippen LogP contribution in [-0.2, 0) is 11.2 Å². The van der Waals surface area contributed by atoms with Crippen LogP contribution in [0.1, 0.15) is 5.69 Å². The number of benzene rings is 2. The van der Waals surface area contributed by atoms with Crippen molar-refractivity contribution in [1.29, 1.82) is 0 Å². The first-order valence-electron chi connectivity index (χ1n) is 8.38. The number of aromatic nitrogens is 1. The summed E-state index contributed by atoms with van der Waals surface area (Å²) in [4.78, 5) is 16.6. The van der Waals surface area contributed by atoms with Crippen LogP contribution in [0.25, 0.3) is 10.6 Å². The Balaban J connectivity index is 1.42. The minimum Gasteiger partial charge on any atom is -0.497 e. The maximum atomic E-state index is 12.1. The summed E-state index contributed by atoms with van der Waals surface area (Å²) in [6.07, 6.45) is 0.243. The molecule has 0 unspecified atom stereocenters. The SMILES string of the molecule is COc1ccc(OCCNC(=O)Cc2csc(-c3ccc(Cl)cc3)n2)cc1. The molecule has 7 heteroatoms. The summed E-state index contributed by atoms with van der Waals surface area (Å²) in [6, 6.07) is 14.8. The maximum Gasteiger partial charge on any atom is 0.226 e. The van der Waals surface area contributed by atoms with Crippen LogP contribution < -0.4 is 14.8 Å². The predicted octanol–water partition coefficient (Wildman–Crippen LogP) is 4.21. The number of thiazole rings is 1. The second-order valence-corrected chi connectivity index (χ2v) is 7.00. The lowest BCUT2D eigenvalue weighted by Gasteiger charge is -2.08. The highest BCUT2D eigenvalue weighted by Crippen LogP contribution is 2.25. The summed E-state index contributed by atoms with van der Waals surface area (Å²) in [6.45, 7) is 0.824. The van der Waals surface area contributed by atoms with E-state index in [4.69, 9.17) is 21.1 Å². The van der Waals surface area contributed by atoms with Crippen molar-refractivity contribution in [1.82, 2.24) is 10.3 Å². The van der Waals surface area contributed by atoms with Crippen molar-refractivity contribution in [2.75, 3.05) is 20.3 Å². The first-order valence-corrected chi connectivity index (χ1v) is 9.64. The van der Waals surface area contributed by atoms with Crippen molar-refractivity contribution in [2.45, 2.75) is 6.42 Å². The van der Waals surface area contributed by atoms with Gasteiger partial charge in [-0.15, -0.1) is 11.3 Å². The normalized spacial score (nSPS) is 10.4. The molecule has 5 nitrogen and oxygen atoms in total. The van der Waals surface area contributed by atoms with E-state index in [1.54, 1.807) is 7.11 Å². The number of nitrogens with zero attached hydrogens (tertiary/aromatic N) is 1. The lowest BCUT2D eigenvalue weighted by atomic mass is 10.2. The Hall–Kier alpha value is -2.57. The second-order valence-electron chi connectivity index (χ2n) is 5.70. The molecule has 3 aromatic rings. The van der Waals surface area contributed by atoms with Crippen LogP contribution >= 0.6 is 22.9 Å². The van der Waals surface area contributed by atoms with Gasteiger partial charge in [-0.3, -0.25) is 4.79 Å². The largest absolute Gasteiger partial charge is 0.497 e. The zero-order valence-corrected chi connectivity index (χ0v) is 16.3. The molecule has 140 valence electrons. The molecule has 0 saturated heterocycles. The molecular weight excluding hydrogens is 384 g/mol. The Kier molecular flexibility index (Phi) is 6.68. The Morgan fingerprint density at radius 3 is 2.52 bits per heavy atom. The van der Waals surface area contributed by atoms with Crippen molar-refractivity contribution in [3.05, 3.63) is 64.6 Å². The molecule has 0 bridgehead atoms. The van der Waals surface area contributed by atoms with E-state index < -0.39 is 0 Å². The van der Waals surface area contributed by atoms with Gasteiger partial charge in [-0.05, 0) is 36.4 Å². The molecule has 1 aromatic heterocycles. The monoisotopic (exact) mass is 402 g/mol. The van der Waals surface area contributed by atoms with Gasteiger partial charge in [0.2, 0.25) is 5.91 Å². The van der Waals surface area contributed by atoms with Crippen molar-refractivity contribution in [2.24, 2.45) is 0 Å². The van der Waals surface area contributed by atoms with E-state index in [9.17, 15) is 4.79 Å². The third-order valence-corrected chi connectivity index (χ3v) is 4.93. The predicted molar refractivity (Wildman–Crippen MR) is 108 cm³/mol.